The molecule has 0 heterocycles. The Labute approximate surface area is 92.2 Å². The van der Waals surface area contributed by atoms with E-state index in [0.717, 1.165) is 5.56 Å². The summed E-state index contributed by atoms with van der Waals surface area (Å²) in [5, 5.41) is 0.218. The van der Waals surface area contributed by atoms with Crippen molar-refractivity contribution in [3.05, 3.63) is 35.1 Å². The Balaban J connectivity index is 3.10. The molecule has 82 valence electrons. The van der Waals surface area contributed by atoms with Gasteiger partial charge in [0.15, 0.2) is 0 Å². The summed E-state index contributed by atoms with van der Waals surface area (Å²) in [5.74, 6) is 3.79. The van der Waals surface area contributed by atoms with Gasteiger partial charge in [0, 0.05) is 5.25 Å². The predicted octanol–water partition coefficient (Wildman–Crippen LogP) is 1.85. The molecule has 1 aromatic rings. The Morgan fingerprint density at radius 2 is 2.27 bits per heavy atom. The standard InChI is InChI=1S/C10H13FN2OS/c1-6(15-2)7-3-4-9(11)8(5-7)10(14)13-12/h3-6H,12H2,1-2H3,(H,13,14). The molecule has 15 heavy (non-hydrogen) atoms. The number of carbonyl (C=O) groups excluding carboxylic acids is 1. The molecule has 0 aliphatic rings. The van der Waals surface area contributed by atoms with Crippen LogP contribution in [0.1, 0.15) is 28.1 Å². The Hall–Kier alpha value is -1.07. The molecule has 0 radical (unpaired) electrons. The van der Waals surface area contributed by atoms with E-state index in [0.29, 0.717) is 0 Å². The van der Waals surface area contributed by atoms with Crippen LogP contribution in [0, 0.1) is 5.82 Å². The van der Waals surface area contributed by atoms with E-state index in [2.05, 4.69) is 0 Å². The third-order valence-electron chi connectivity index (χ3n) is 2.19. The molecule has 1 amide bonds. The van der Waals surface area contributed by atoms with Gasteiger partial charge >= 0.3 is 0 Å². The Morgan fingerprint density at radius 1 is 1.60 bits per heavy atom. The fraction of sp³-hybridized carbons (Fsp3) is 0.300. The van der Waals surface area contributed by atoms with Crippen LogP contribution in [0.3, 0.4) is 0 Å². The van der Waals surface area contributed by atoms with Crippen molar-refractivity contribution >= 4 is 17.7 Å². The van der Waals surface area contributed by atoms with E-state index < -0.39 is 11.7 Å². The second-order valence-corrected chi connectivity index (χ2v) is 4.27. The van der Waals surface area contributed by atoms with Crippen molar-refractivity contribution in [2.75, 3.05) is 6.26 Å². The third kappa shape index (κ3) is 2.70. The van der Waals surface area contributed by atoms with Gasteiger partial charge in [0.05, 0.1) is 5.56 Å². The lowest BCUT2D eigenvalue weighted by Crippen LogP contribution is -2.30. The van der Waals surface area contributed by atoms with Crippen LogP contribution in [0.25, 0.3) is 0 Å². The van der Waals surface area contributed by atoms with Crippen LogP contribution in [-0.4, -0.2) is 12.2 Å². The van der Waals surface area contributed by atoms with Gasteiger partial charge < -0.3 is 0 Å². The molecule has 5 heteroatoms. The number of thioether (sulfide) groups is 1. The van der Waals surface area contributed by atoms with Crippen LogP contribution in [-0.2, 0) is 0 Å². The van der Waals surface area contributed by atoms with Crippen molar-refractivity contribution in [3.8, 4) is 0 Å². The van der Waals surface area contributed by atoms with Crippen molar-refractivity contribution in [3.63, 3.8) is 0 Å². The Morgan fingerprint density at radius 3 is 2.80 bits per heavy atom. The summed E-state index contributed by atoms with van der Waals surface area (Å²) in [6.07, 6.45) is 1.96. The second kappa shape index (κ2) is 5.14. The van der Waals surface area contributed by atoms with E-state index in [4.69, 9.17) is 5.84 Å². The topological polar surface area (TPSA) is 55.1 Å². The van der Waals surface area contributed by atoms with E-state index in [1.807, 2.05) is 18.6 Å². The maximum Gasteiger partial charge on any atom is 0.268 e. The van der Waals surface area contributed by atoms with Gasteiger partial charge in [-0.3, -0.25) is 10.2 Å². The summed E-state index contributed by atoms with van der Waals surface area (Å²) in [4.78, 5) is 11.2. The lowest BCUT2D eigenvalue weighted by atomic mass is 10.1. The largest absolute Gasteiger partial charge is 0.290 e. The molecule has 1 atom stereocenters. The quantitative estimate of drug-likeness (QED) is 0.471. The van der Waals surface area contributed by atoms with Crippen molar-refractivity contribution in [1.82, 2.24) is 5.43 Å². The number of benzene rings is 1. The molecular weight excluding hydrogens is 215 g/mol. The summed E-state index contributed by atoms with van der Waals surface area (Å²) in [6, 6.07) is 4.48. The minimum Gasteiger partial charge on any atom is -0.290 e. The number of hydrogen-bond donors (Lipinski definition) is 2. The zero-order chi connectivity index (χ0) is 11.4. The van der Waals surface area contributed by atoms with Crippen LogP contribution in [0.4, 0.5) is 4.39 Å². The van der Waals surface area contributed by atoms with Crippen LogP contribution in [0.2, 0.25) is 0 Å². The summed E-state index contributed by atoms with van der Waals surface area (Å²) in [7, 11) is 0. The molecule has 0 aromatic heterocycles. The van der Waals surface area contributed by atoms with Gasteiger partial charge in [-0.05, 0) is 30.9 Å². The molecule has 0 spiro atoms. The average Bonchev–Trinajstić information content (AvgIpc) is 2.27. The number of rotatable bonds is 3. The molecule has 1 unspecified atom stereocenters. The number of nitrogen functional groups attached to an aromatic ring is 1. The first-order valence-corrected chi connectivity index (χ1v) is 5.72. The van der Waals surface area contributed by atoms with Gasteiger partial charge in [0.1, 0.15) is 5.82 Å². The van der Waals surface area contributed by atoms with E-state index in [9.17, 15) is 9.18 Å². The fourth-order valence-electron chi connectivity index (χ4n) is 1.18. The number of nitrogens with two attached hydrogens (primary N) is 1. The monoisotopic (exact) mass is 228 g/mol. The normalized spacial score (nSPS) is 12.3. The molecule has 0 aliphatic carbocycles. The van der Waals surface area contributed by atoms with Crippen LogP contribution in [0.15, 0.2) is 18.2 Å². The smallest absolute Gasteiger partial charge is 0.268 e. The Kier molecular flexibility index (Phi) is 4.11. The van der Waals surface area contributed by atoms with Gasteiger partial charge in [0.2, 0.25) is 0 Å². The highest BCUT2D eigenvalue weighted by atomic mass is 32.2. The molecule has 0 aliphatic heterocycles. The van der Waals surface area contributed by atoms with Crippen molar-refractivity contribution in [1.29, 1.82) is 0 Å². The molecule has 1 rings (SSSR count). The number of hydrogen-bond acceptors (Lipinski definition) is 3. The highest BCUT2D eigenvalue weighted by Crippen LogP contribution is 2.26. The molecule has 3 nitrogen and oxygen atoms in total. The minimum absolute atomic E-state index is 0.0177. The average molecular weight is 228 g/mol. The molecule has 0 fully saturated rings. The first-order chi connectivity index (χ1) is 7.10. The first-order valence-electron chi connectivity index (χ1n) is 4.43. The van der Waals surface area contributed by atoms with Gasteiger partial charge in [-0.15, -0.1) is 0 Å². The van der Waals surface area contributed by atoms with Crippen LogP contribution >= 0.6 is 11.8 Å². The molecular formula is C10H13FN2OS. The number of hydrazine groups is 1. The summed E-state index contributed by atoms with van der Waals surface area (Å²) >= 11 is 1.63. The lowest BCUT2D eigenvalue weighted by Gasteiger charge is -2.10. The highest BCUT2D eigenvalue weighted by molar-refractivity contribution is 7.98. The summed E-state index contributed by atoms with van der Waals surface area (Å²) in [5.41, 5.74) is 2.81. The van der Waals surface area contributed by atoms with Gasteiger partial charge in [-0.2, -0.15) is 11.8 Å². The number of halogens is 1. The fourth-order valence-corrected chi connectivity index (χ4v) is 1.60. The third-order valence-corrected chi connectivity index (χ3v) is 3.17. The first kappa shape index (κ1) is 12.0. The molecule has 0 saturated carbocycles. The summed E-state index contributed by atoms with van der Waals surface area (Å²) in [6.45, 7) is 1.99. The zero-order valence-corrected chi connectivity index (χ0v) is 9.40. The van der Waals surface area contributed by atoms with E-state index in [1.54, 1.807) is 17.8 Å². The lowest BCUT2D eigenvalue weighted by molar-refractivity contribution is 0.0949. The summed E-state index contributed by atoms with van der Waals surface area (Å²) < 4.78 is 13.3. The number of nitrogens with one attached hydrogen (secondary N) is 1. The zero-order valence-electron chi connectivity index (χ0n) is 8.58. The van der Waals surface area contributed by atoms with E-state index in [1.165, 1.54) is 12.1 Å². The van der Waals surface area contributed by atoms with Crippen molar-refractivity contribution in [2.24, 2.45) is 5.84 Å². The van der Waals surface area contributed by atoms with Gasteiger partial charge in [0.25, 0.3) is 5.91 Å². The molecule has 0 bridgehead atoms. The molecule has 0 saturated heterocycles. The molecule has 1 aromatic carbocycles. The SMILES string of the molecule is CSC(C)c1ccc(F)c(C(=O)NN)c1. The van der Waals surface area contributed by atoms with Crippen LogP contribution < -0.4 is 11.3 Å². The number of carbonyl (C=O) groups is 1. The maximum absolute atomic E-state index is 13.3. The van der Waals surface area contributed by atoms with Crippen LogP contribution in [0.5, 0.6) is 0 Å². The highest BCUT2D eigenvalue weighted by Gasteiger charge is 2.13. The van der Waals surface area contributed by atoms with E-state index in [-0.39, 0.29) is 10.8 Å². The van der Waals surface area contributed by atoms with Crippen molar-refractivity contribution in [2.45, 2.75) is 12.2 Å². The minimum atomic E-state index is -0.609. The number of amides is 1. The van der Waals surface area contributed by atoms with Gasteiger partial charge in [-0.1, -0.05) is 6.07 Å². The van der Waals surface area contributed by atoms with Crippen molar-refractivity contribution < 1.29 is 9.18 Å². The molecule has 3 N–H and O–H groups in total. The Bertz CT molecular complexity index is 370. The predicted molar refractivity (Wildman–Crippen MR) is 60.0 cm³/mol. The van der Waals surface area contributed by atoms with Gasteiger partial charge in [-0.25, -0.2) is 10.2 Å². The second-order valence-electron chi connectivity index (χ2n) is 3.09. The van der Waals surface area contributed by atoms with E-state index >= 15 is 0 Å². The maximum atomic E-state index is 13.3.